The lowest BCUT2D eigenvalue weighted by atomic mass is 9.86. The maximum absolute atomic E-state index is 12.1. The highest BCUT2D eigenvalue weighted by Gasteiger charge is 2.60. The van der Waals surface area contributed by atoms with Crippen LogP contribution in [0.15, 0.2) is 0 Å². The molecule has 3 saturated heterocycles. The summed E-state index contributed by atoms with van der Waals surface area (Å²) in [6.45, 7) is 9.71. The molecule has 0 aromatic carbocycles. The highest BCUT2D eigenvalue weighted by molar-refractivity contribution is 5.76. The number of carbonyl (C=O) groups excluding carboxylic acids is 2. The zero-order valence-electron chi connectivity index (χ0n) is 17.1. The van der Waals surface area contributed by atoms with E-state index >= 15 is 0 Å². The van der Waals surface area contributed by atoms with Crippen LogP contribution in [0.25, 0.3) is 0 Å². The molecule has 0 radical (unpaired) electrons. The van der Waals surface area contributed by atoms with Gasteiger partial charge in [0.15, 0.2) is 5.79 Å². The minimum Gasteiger partial charge on any atom is -0.444 e. The Hall–Kier alpha value is -1.62. The molecule has 28 heavy (non-hydrogen) atoms. The summed E-state index contributed by atoms with van der Waals surface area (Å²) in [7, 11) is 0. The Labute approximate surface area is 164 Å². The largest absolute Gasteiger partial charge is 0.444 e. The molecule has 3 N–H and O–H groups in total. The molecule has 3 aliphatic heterocycles. The molecule has 3 rings (SSSR count). The monoisotopic (exact) mass is 401 g/mol. The number of rotatable bonds is 4. The summed E-state index contributed by atoms with van der Waals surface area (Å²) in [5.41, 5.74) is -1.85. The van der Waals surface area contributed by atoms with E-state index in [9.17, 15) is 14.7 Å². The number of nitrogens with one attached hydrogen (secondary N) is 2. The molecule has 0 saturated carbocycles. The van der Waals surface area contributed by atoms with Crippen LogP contribution in [0.3, 0.4) is 0 Å². The number of hydrogen-bond donors (Lipinski definition) is 3. The average Bonchev–Trinajstić information content (AvgIpc) is 3.13. The van der Waals surface area contributed by atoms with E-state index in [1.54, 1.807) is 39.5 Å². The number of hydrogen-bond acceptors (Lipinski definition) is 7. The number of amides is 3. The number of nitrogens with zero attached hydrogens (tertiary/aromatic N) is 1. The van der Waals surface area contributed by atoms with E-state index in [0.717, 1.165) is 0 Å². The zero-order valence-corrected chi connectivity index (χ0v) is 17.1. The highest BCUT2D eigenvalue weighted by atomic mass is 16.8. The molecule has 0 bridgehead atoms. The highest BCUT2D eigenvalue weighted by Crippen LogP contribution is 2.41. The van der Waals surface area contributed by atoms with Crippen LogP contribution in [0, 0.1) is 0 Å². The van der Waals surface area contributed by atoms with Crippen molar-refractivity contribution in [2.45, 2.75) is 69.9 Å². The molecule has 10 nitrogen and oxygen atoms in total. The van der Waals surface area contributed by atoms with Crippen molar-refractivity contribution in [3.05, 3.63) is 0 Å². The van der Waals surface area contributed by atoms with Gasteiger partial charge in [-0.1, -0.05) is 0 Å². The van der Waals surface area contributed by atoms with Crippen LogP contribution in [0.1, 0.15) is 34.6 Å². The first kappa shape index (κ1) is 21.1. The van der Waals surface area contributed by atoms with Crippen LogP contribution in [-0.2, 0) is 18.9 Å². The third-order valence-electron chi connectivity index (χ3n) is 5.06. The van der Waals surface area contributed by atoms with Crippen molar-refractivity contribution in [1.29, 1.82) is 0 Å². The van der Waals surface area contributed by atoms with Gasteiger partial charge in [0.2, 0.25) is 0 Å². The van der Waals surface area contributed by atoms with Gasteiger partial charge in [-0.3, -0.25) is 0 Å². The van der Waals surface area contributed by atoms with Crippen LogP contribution in [0.4, 0.5) is 9.59 Å². The van der Waals surface area contributed by atoms with E-state index in [1.165, 1.54) is 0 Å². The Kier molecular flexibility index (Phi) is 5.52. The lowest BCUT2D eigenvalue weighted by molar-refractivity contribution is -0.205. The summed E-state index contributed by atoms with van der Waals surface area (Å²) in [6, 6.07) is -0.528. The second-order valence-electron chi connectivity index (χ2n) is 8.90. The van der Waals surface area contributed by atoms with Gasteiger partial charge in [-0.05, 0) is 34.6 Å². The fourth-order valence-corrected chi connectivity index (χ4v) is 3.85. The Balaban J connectivity index is 1.77. The summed E-state index contributed by atoms with van der Waals surface area (Å²) in [4.78, 5) is 25.9. The fraction of sp³-hybridized carbons (Fsp3) is 0.889. The third kappa shape index (κ3) is 4.19. The maximum Gasteiger partial charge on any atom is 0.407 e. The first-order chi connectivity index (χ1) is 13.0. The smallest absolute Gasteiger partial charge is 0.407 e. The molecule has 3 heterocycles. The minimum atomic E-state index is -1.21. The number of aliphatic hydroxyl groups is 1. The first-order valence-electron chi connectivity index (χ1n) is 9.58. The Bertz CT molecular complexity index is 621. The summed E-state index contributed by atoms with van der Waals surface area (Å²) in [6.07, 6.45) is -1.78. The van der Waals surface area contributed by atoms with Crippen LogP contribution in [-0.4, -0.2) is 90.2 Å². The topological polar surface area (TPSA) is 119 Å². The van der Waals surface area contributed by atoms with Gasteiger partial charge >= 0.3 is 12.1 Å². The number of alkyl carbamates (subject to hydrolysis) is 1. The number of carbonyl (C=O) groups is 2. The van der Waals surface area contributed by atoms with Gasteiger partial charge in [0, 0.05) is 13.1 Å². The predicted octanol–water partition coefficient (Wildman–Crippen LogP) is 0.186. The van der Waals surface area contributed by atoms with Gasteiger partial charge in [-0.25, -0.2) is 9.59 Å². The quantitative estimate of drug-likeness (QED) is 0.615. The van der Waals surface area contributed by atoms with E-state index in [1.807, 2.05) is 0 Å². The second kappa shape index (κ2) is 7.33. The lowest BCUT2D eigenvalue weighted by Gasteiger charge is -2.47. The SMILES string of the molecule is CC(C)(C)OC(=O)NCC1(CO)OC[C@H](N2CCNC2=O)[C@H]2OC(C)(C)O[C@H]21. The summed E-state index contributed by atoms with van der Waals surface area (Å²) >= 11 is 0. The lowest BCUT2D eigenvalue weighted by Crippen LogP contribution is -2.68. The van der Waals surface area contributed by atoms with Crippen molar-refractivity contribution in [1.82, 2.24) is 15.5 Å². The predicted molar refractivity (Wildman–Crippen MR) is 97.7 cm³/mol. The Morgan fingerprint density at radius 3 is 2.68 bits per heavy atom. The molecule has 0 aromatic rings. The van der Waals surface area contributed by atoms with Gasteiger partial charge in [-0.2, -0.15) is 0 Å². The summed E-state index contributed by atoms with van der Waals surface area (Å²) in [5, 5.41) is 15.6. The van der Waals surface area contributed by atoms with Gasteiger partial charge in [0.25, 0.3) is 0 Å². The molecule has 3 amide bonds. The zero-order chi connectivity index (χ0) is 20.7. The fourth-order valence-electron chi connectivity index (χ4n) is 3.85. The normalized spacial score (nSPS) is 34.7. The molecule has 3 fully saturated rings. The molecular formula is C18H31N3O7. The number of ether oxygens (including phenoxy) is 4. The summed E-state index contributed by atoms with van der Waals surface area (Å²) < 4.78 is 23.4. The molecule has 1 unspecified atom stereocenters. The van der Waals surface area contributed by atoms with Crippen molar-refractivity contribution in [3.63, 3.8) is 0 Å². The van der Waals surface area contributed by atoms with E-state index in [0.29, 0.717) is 13.1 Å². The molecule has 3 aliphatic rings. The Morgan fingerprint density at radius 1 is 1.39 bits per heavy atom. The van der Waals surface area contributed by atoms with Gasteiger partial charge in [-0.15, -0.1) is 0 Å². The molecule has 4 atom stereocenters. The molecule has 0 spiro atoms. The van der Waals surface area contributed by atoms with Gasteiger partial charge in [0.1, 0.15) is 23.4 Å². The minimum absolute atomic E-state index is 0.0159. The second-order valence-corrected chi connectivity index (χ2v) is 8.90. The van der Waals surface area contributed by atoms with E-state index in [-0.39, 0.29) is 31.8 Å². The van der Waals surface area contributed by atoms with Crippen molar-refractivity contribution >= 4 is 12.1 Å². The first-order valence-corrected chi connectivity index (χ1v) is 9.58. The van der Waals surface area contributed by atoms with Crippen LogP contribution in [0.5, 0.6) is 0 Å². The van der Waals surface area contributed by atoms with Crippen LogP contribution in [0.2, 0.25) is 0 Å². The number of aliphatic hydroxyl groups excluding tert-OH is 1. The number of fused-ring (bicyclic) bond motifs is 1. The molecule has 10 heteroatoms. The molecule has 0 aliphatic carbocycles. The van der Waals surface area contributed by atoms with Crippen molar-refractivity contribution in [3.8, 4) is 0 Å². The third-order valence-corrected chi connectivity index (χ3v) is 5.06. The van der Waals surface area contributed by atoms with Crippen molar-refractivity contribution in [2.75, 3.05) is 32.8 Å². The number of urea groups is 1. The summed E-state index contributed by atoms with van der Waals surface area (Å²) in [5.74, 6) is -0.913. The van der Waals surface area contributed by atoms with Crippen molar-refractivity contribution < 1.29 is 33.6 Å². The Morgan fingerprint density at radius 2 is 2.11 bits per heavy atom. The molecular weight excluding hydrogens is 370 g/mol. The standard InChI is InChI=1S/C18H31N3O7/c1-16(2,3)28-15(24)20-9-18(10-22)13-12(26-17(4,5)27-13)11(8-25-18)21-7-6-19-14(21)23/h11-13,22H,6-10H2,1-5H3,(H,19,23)(H,20,24)/t11-,12+,13+,18?/m0/s1. The van der Waals surface area contributed by atoms with E-state index in [4.69, 9.17) is 18.9 Å². The molecule has 0 aromatic heterocycles. The molecule has 160 valence electrons. The van der Waals surface area contributed by atoms with Crippen molar-refractivity contribution in [2.24, 2.45) is 0 Å². The van der Waals surface area contributed by atoms with E-state index < -0.39 is 35.3 Å². The van der Waals surface area contributed by atoms with Gasteiger partial charge < -0.3 is 39.6 Å². The van der Waals surface area contributed by atoms with Crippen LogP contribution >= 0.6 is 0 Å². The maximum atomic E-state index is 12.1. The average molecular weight is 401 g/mol. The van der Waals surface area contributed by atoms with Gasteiger partial charge in [0.05, 0.1) is 25.8 Å². The van der Waals surface area contributed by atoms with Crippen LogP contribution < -0.4 is 10.6 Å². The van der Waals surface area contributed by atoms with E-state index in [2.05, 4.69) is 10.6 Å².